The summed E-state index contributed by atoms with van der Waals surface area (Å²) in [6.07, 6.45) is 6.38. The summed E-state index contributed by atoms with van der Waals surface area (Å²) in [5.74, 6) is 0.0102. The molecule has 3 aromatic rings. The third kappa shape index (κ3) is 2.88. The zero-order valence-electron chi connectivity index (χ0n) is 11.5. The molecule has 108 valence electrons. The zero-order chi connectivity index (χ0) is 15.4. The van der Waals surface area contributed by atoms with Crippen molar-refractivity contribution in [1.29, 1.82) is 0 Å². The van der Waals surface area contributed by atoms with E-state index in [0.29, 0.717) is 11.5 Å². The van der Waals surface area contributed by atoms with Crippen LogP contribution in [0.3, 0.4) is 0 Å². The summed E-state index contributed by atoms with van der Waals surface area (Å²) >= 11 is 0. The minimum absolute atomic E-state index is 0.0482. The van der Waals surface area contributed by atoms with Crippen molar-refractivity contribution >= 4 is 17.5 Å². The molecule has 3 heterocycles. The monoisotopic (exact) mass is 292 g/mol. The Kier molecular flexibility index (Phi) is 3.69. The molecule has 0 aliphatic carbocycles. The van der Waals surface area contributed by atoms with Gasteiger partial charge in [0.25, 0.3) is 5.91 Å². The number of anilines is 2. The van der Waals surface area contributed by atoms with Crippen LogP contribution in [0.1, 0.15) is 10.5 Å². The highest BCUT2D eigenvalue weighted by Gasteiger charge is 2.15. The number of carbonyl (C=O) groups is 1. The van der Waals surface area contributed by atoms with Gasteiger partial charge >= 0.3 is 0 Å². The number of rotatable bonds is 3. The summed E-state index contributed by atoms with van der Waals surface area (Å²) in [6, 6.07) is 8.80. The van der Waals surface area contributed by atoms with E-state index < -0.39 is 5.91 Å². The minimum Gasteiger partial charge on any atom is -0.382 e. The van der Waals surface area contributed by atoms with E-state index in [0.717, 1.165) is 5.56 Å². The van der Waals surface area contributed by atoms with E-state index in [4.69, 9.17) is 5.73 Å². The fourth-order valence-corrected chi connectivity index (χ4v) is 1.83. The maximum absolute atomic E-state index is 12.3. The minimum atomic E-state index is -0.463. The maximum atomic E-state index is 12.3. The van der Waals surface area contributed by atoms with E-state index in [1.807, 2.05) is 6.07 Å². The van der Waals surface area contributed by atoms with Crippen LogP contribution in [0.5, 0.6) is 0 Å². The number of amides is 1. The largest absolute Gasteiger partial charge is 0.382 e. The van der Waals surface area contributed by atoms with Crippen LogP contribution in [-0.2, 0) is 0 Å². The first-order chi connectivity index (χ1) is 10.7. The molecule has 0 aliphatic rings. The standard InChI is InChI=1S/C15H12N6O/c16-14-13(15(22)21-12-5-1-2-7-18-12)20-11(9-19-14)10-4-3-6-17-8-10/h1-9H,(H2,16,19)(H,18,21,22). The number of nitrogens with one attached hydrogen (secondary N) is 1. The quantitative estimate of drug-likeness (QED) is 0.762. The van der Waals surface area contributed by atoms with Gasteiger partial charge in [-0.15, -0.1) is 0 Å². The van der Waals surface area contributed by atoms with Crippen molar-refractivity contribution in [1.82, 2.24) is 19.9 Å². The number of pyridine rings is 2. The average Bonchev–Trinajstić information content (AvgIpc) is 2.57. The Hall–Kier alpha value is -3.35. The Labute approximate surface area is 126 Å². The first kappa shape index (κ1) is 13.6. The second-order valence-electron chi connectivity index (χ2n) is 4.40. The number of nitrogens with zero attached hydrogens (tertiary/aromatic N) is 4. The number of carbonyl (C=O) groups excluding carboxylic acids is 1. The molecule has 0 bridgehead atoms. The van der Waals surface area contributed by atoms with E-state index in [1.165, 1.54) is 6.20 Å². The van der Waals surface area contributed by atoms with Crippen molar-refractivity contribution in [3.8, 4) is 11.3 Å². The number of nitrogen functional groups attached to an aromatic ring is 1. The smallest absolute Gasteiger partial charge is 0.279 e. The summed E-state index contributed by atoms with van der Waals surface area (Å²) < 4.78 is 0. The molecule has 0 saturated carbocycles. The molecule has 22 heavy (non-hydrogen) atoms. The van der Waals surface area contributed by atoms with Crippen LogP contribution in [0.15, 0.2) is 55.1 Å². The Morgan fingerprint density at radius 3 is 2.68 bits per heavy atom. The van der Waals surface area contributed by atoms with Crippen LogP contribution in [0.2, 0.25) is 0 Å². The second kappa shape index (κ2) is 5.96. The normalized spacial score (nSPS) is 10.2. The molecule has 0 aliphatic heterocycles. The zero-order valence-corrected chi connectivity index (χ0v) is 11.5. The van der Waals surface area contributed by atoms with Crippen LogP contribution in [0.4, 0.5) is 11.6 Å². The molecule has 1 amide bonds. The lowest BCUT2D eigenvalue weighted by Crippen LogP contribution is -2.17. The first-order valence-corrected chi connectivity index (χ1v) is 6.49. The molecule has 3 N–H and O–H groups in total. The van der Waals surface area contributed by atoms with Gasteiger partial charge in [0.15, 0.2) is 11.5 Å². The van der Waals surface area contributed by atoms with Gasteiger partial charge in [0.1, 0.15) is 5.82 Å². The van der Waals surface area contributed by atoms with Crippen molar-refractivity contribution in [3.05, 3.63) is 60.8 Å². The van der Waals surface area contributed by atoms with Crippen molar-refractivity contribution in [3.63, 3.8) is 0 Å². The third-order valence-electron chi connectivity index (χ3n) is 2.88. The van der Waals surface area contributed by atoms with Crippen molar-refractivity contribution in [2.75, 3.05) is 11.1 Å². The lowest BCUT2D eigenvalue weighted by atomic mass is 10.2. The number of hydrogen-bond acceptors (Lipinski definition) is 6. The third-order valence-corrected chi connectivity index (χ3v) is 2.88. The van der Waals surface area contributed by atoms with Crippen molar-refractivity contribution in [2.24, 2.45) is 0 Å². The van der Waals surface area contributed by atoms with Gasteiger partial charge in [0.2, 0.25) is 0 Å². The van der Waals surface area contributed by atoms with Crippen molar-refractivity contribution < 1.29 is 4.79 Å². The lowest BCUT2D eigenvalue weighted by Gasteiger charge is -2.07. The molecule has 0 spiro atoms. The Morgan fingerprint density at radius 1 is 1.05 bits per heavy atom. The highest BCUT2D eigenvalue weighted by Crippen LogP contribution is 2.17. The topological polar surface area (TPSA) is 107 Å². The molecule has 0 saturated heterocycles. The van der Waals surface area contributed by atoms with Crippen LogP contribution in [0, 0.1) is 0 Å². The molecule has 0 atom stereocenters. The Balaban J connectivity index is 1.91. The van der Waals surface area contributed by atoms with Crippen molar-refractivity contribution in [2.45, 2.75) is 0 Å². The molecule has 7 nitrogen and oxygen atoms in total. The molecule has 0 unspecified atom stereocenters. The molecule has 7 heteroatoms. The van der Waals surface area contributed by atoms with Gasteiger partial charge < -0.3 is 11.1 Å². The lowest BCUT2D eigenvalue weighted by molar-refractivity contribution is 0.102. The van der Waals surface area contributed by atoms with Crippen LogP contribution in [0.25, 0.3) is 11.3 Å². The van der Waals surface area contributed by atoms with E-state index >= 15 is 0 Å². The molecular weight excluding hydrogens is 280 g/mol. The Bertz CT molecular complexity index is 792. The van der Waals surface area contributed by atoms with Gasteiger partial charge in [0.05, 0.1) is 11.9 Å². The van der Waals surface area contributed by atoms with Gasteiger partial charge in [-0.3, -0.25) is 9.78 Å². The molecule has 0 fully saturated rings. The Morgan fingerprint density at radius 2 is 1.95 bits per heavy atom. The summed E-state index contributed by atoms with van der Waals surface area (Å²) in [6.45, 7) is 0. The predicted octanol–water partition coefficient (Wildman–Crippen LogP) is 1.77. The van der Waals surface area contributed by atoms with Gasteiger partial charge in [-0.05, 0) is 24.3 Å². The predicted molar refractivity (Wildman–Crippen MR) is 81.9 cm³/mol. The highest BCUT2D eigenvalue weighted by molar-refractivity contribution is 6.05. The fourth-order valence-electron chi connectivity index (χ4n) is 1.83. The van der Waals surface area contributed by atoms with Gasteiger partial charge in [-0.1, -0.05) is 6.07 Å². The number of hydrogen-bond donors (Lipinski definition) is 2. The molecular formula is C15H12N6O. The van der Waals surface area contributed by atoms with Crippen LogP contribution in [-0.4, -0.2) is 25.8 Å². The van der Waals surface area contributed by atoms with Crippen LogP contribution < -0.4 is 11.1 Å². The molecule has 0 aromatic carbocycles. The van der Waals surface area contributed by atoms with E-state index in [9.17, 15) is 4.79 Å². The highest BCUT2D eigenvalue weighted by atomic mass is 16.2. The number of aromatic nitrogens is 4. The maximum Gasteiger partial charge on any atom is 0.279 e. The number of nitrogens with two attached hydrogens (primary N) is 1. The second-order valence-corrected chi connectivity index (χ2v) is 4.40. The SMILES string of the molecule is Nc1ncc(-c2cccnc2)nc1C(=O)Nc1ccccn1. The summed E-state index contributed by atoms with van der Waals surface area (Å²) in [7, 11) is 0. The van der Waals surface area contributed by atoms with E-state index in [2.05, 4.69) is 25.3 Å². The molecule has 3 aromatic heterocycles. The summed E-state index contributed by atoms with van der Waals surface area (Å²) in [4.78, 5) is 28.6. The summed E-state index contributed by atoms with van der Waals surface area (Å²) in [5, 5.41) is 2.63. The molecule has 0 radical (unpaired) electrons. The fraction of sp³-hybridized carbons (Fsp3) is 0. The van der Waals surface area contributed by atoms with Crippen LogP contribution >= 0.6 is 0 Å². The van der Waals surface area contributed by atoms with Gasteiger partial charge in [-0.2, -0.15) is 0 Å². The van der Waals surface area contributed by atoms with Gasteiger partial charge in [-0.25, -0.2) is 15.0 Å². The van der Waals surface area contributed by atoms with E-state index in [1.54, 1.807) is 42.9 Å². The average molecular weight is 292 g/mol. The van der Waals surface area contributed by atoms with E-state index in [-0.39, 0.29) is 11.5 Å². The first-order valence-electron chi connectivity index (χ1n) is 6.49. The molecule has 3 rings (SSSR count). The summed E-state index contributed by atoms with van der Waals surface area (Å²) in [5.41, 5.74) is 7.07. The van der Waals surface area contributed by atoms with Gasteiger partial charge in [0, 0.05) is 24.2 Å².